The summed E-state index contributed by atoms with van der Waals surface area (Å²) in [6.45, 7) is 12.6. The molecule has 144 valence electrons. The maximum atomic E-state index is 11.6. The number of carboxylic acid groups (broad SMARTS) is 1. The van der Waals surface area contributed by atoms with Crippen LogP contribution < -0.4 is 0 Å². The predicted octanol–water partition coefficient (Wildman–Crippen LogP) is 3.84. The molecule has 0 aliphatic heterocycles. The van der Waals surface area contributed by atoms with Crippen molar-refractivity contribution in [3.05, 3.63) is 35.4 Å². The average molecular weight is 381 g/mol. The third-order valence-corrected chi connectivity index (χ3v) is 8.40. The molecule has 0 amide bonds. The summed E-state index contributed by atoms with van der Waals surface area (Å²) in [5, 5.41) is 17.3. The Kier molecular flexibility index (Phi) is 7.37. The molecule has 7 nitrogen and oxygen atoms in total. The summed E-state index contributed by atoms with van der Waals surface area (Å²) in [4.78, 5) is 16.2. The molecule has 0 aliphatic rings. The fourth-order valence-corrected chi connectivity index (χ4v) is 2.34. The van der Waals surface area contributed by atoms with E-state index < -0.39 is 14.3 Å². The SMILES string of the molecule is CCO/C(=N/O[Si](C)(C)C(C)(C)C)c1ccccc1/C(=N\OC)C(=O)O. The standard InChI is InChI=1S/C18H28N2O5Si/c1-8-24-16(20-25-26(6,7)18(2,3)4)14-12-10-9-11-13(14)15(17(21)22)19-23-5/h9-12H,8H2,1-7H3,(H,21,22)/b19-15+,20-16+. The molecule has 0 saturated heterocycles. The van der Waals surface area contributed by atoms with Crippen LogP contribution in [0.2, 0.25) is 18.1 Å². The van der Waals surface area contributed by atoms with Crippen molar-refractivity contribution in [2.24, 2.45) is 10.3 Å². The Bertz CT molecular complexity index is 693. The highest BCUT2D eigenvalue weighted by Crippen LogP contribution is 2.36. The van der Waals surface area contributed by atoms with Gasteiger partial charge >= 0.3 is 5.97 Å². The van der Waals surface area contributed by atoms with E-state index in [4.69, 9.17) is 9.26 Å². The van der Waals surface area contributed by atoms with Crippen molar-refractivity contribution in [3.8, 4) is 0 Å². The van der Waals surface area contributed by atoms with Crippen molar-refractivity contribution < 1.29 is 24.0 Å². The first kappa shape index (κ1) is 21.7. The quantitative estimate of drug-likeness (QED) is 0.336. The molecule has 1 N–H and O–H groups in total. The molecule has 1 aromatic rings. The van der Waals surface area contributed by atoms with E-state index in [9.17, 15) is 9.90 Å². The zero-order valence-electron chi connectivity index (χ0n) is 16.5. The van der Waals surface area contributed by atoms with Crippen LogP contribution in [0.1, 0.15) is 38.8 Å². The highest BCUT2D eigenvalue weighted by atomic mass is 28.4. The molecule has 0 aromatic heterocycles. The molecule has 26 heavy (non-hydrogen) atoms. The van der Waals surface area contributed by atoms with E-state index in [2.05, 4.69) is 49.0 Å². The number of oxime groups is 2. The van der Waals surface area contributed by atoms with Crippen molar-refractivity contribution in [3.63, 3.8) is 0 Å². The molecule has 0 saturated carbocycles. The fraction of sp³-hybridized carbons (Fsp3) is 0.500. The molecule has 0 heterocycles. The molecule has 0 fully saturated rings. The lowest BCUT2D eigenvalue weighted by Crippen LogP contribution is -2.39. The third kappa shape index (κ3) is 5.32. The zero-order valence-corrected chi connectivity index (χ0v) is 17.5. The second kappa shape index (κ2) is 8.84. The van der Waals surface area contributed by atoms with Crippen LogP contribution in [0.4, 0.5) is 0 Å². The number of hydrogen-bond acceptors (Lipinski definition) is 6. The molecular weight excluding hydrogens is 352 g/mol. The number of rotatable bonds is 7. The van der Waals surface area contributed by atoms with Crippen LogP contribution >= 0.6 is 0 Å². The van der Waals surface area contributed by atoms with Gasteiger partial charge in [0, 0.05) is 11.1 Å². The number of nitrogens with zero attached hydrogens (tertiary/aromatic N) is 2. The first-order valence-electron chi connectivity index (χ1n) is 8.38. The van der Waals surface area contributed by atoms with Crippen LogP contribution in [0.3, 0.4) is 0 Å². The highest BCUT2D eigenvalue weighted by Gasteiger charge is 2.40. The fourth-order valence-electron chi connectivity index (χ4n) is 1.75. The van der Waals surface area contributed by atoms with Gasteiger partial charge in [0.05, 0.1) is 6.61 Å². The molecule has 8 heteroatoms. The summed E-state index contributed by atoms with van der Waals surface area (Å²) in [6, 6.07) is 6.83. The van der Waals surface area contributed by atoms with Gasteiger partial charge in [-0.3, -0.25) is 0 Å². The van der Waals surface area contributed by atoms with Gasteiger partial charge in [-0.1, -0.05) is 49.3 Å². The van der Waals surface area contributed by atoms with Crippen LogP contribution in [-0.2, 0) is 18.9 Å². The Morgan fingerprint density at radius 3 is 2.19 bits per heavy atom. The van der Waals surface area contributed by atoms with Gasteiger partial charge in [0.2, 0.25) is 0 Å². The van der Waals surface area contributed by atoms with E-state index >= 15 is 0 Å². The topological polar surface area (TPSA) is 89.7 Å². The Balaban J connectivity index is 3.42. The first-order chi connectivity index (χ1) is 12.0. The van der Waals surface area contributed by atoms with Crippen LogP contribution in [0.15, 0.2) is 34.6 Å². The second-order valence-corrected chi connectivity index (χ2v) is 11.9. The molecule has 0 spiro atoms. The molecule has 0 atom stereocenters. The Morgan fingerprint density at radius 2 is 1.73 bits per heavy atom. The van der Waals surface area contributed by atoms with Gasteiger partial charge in [0.15, 0.2) is 5.71 Å². The maximum absolute atomic E-state index is 11.6. The van der Waals surface area contributed by atoms with Crippen LogP contribution in [0.5, 0.6) is 0 Å². The van der Waals surface area contributed by atoms with E-state index in [1.54, 1.807) is 24.3 Å². The molecule has 0 aliphatic carbocycles. The van der Waals surface area contributed by atoms with Crippen molar-refractivity contribution >= 4 is 25.9 Å². The number of ether oxygens (including phenoxy) is 1. The van der Waals surface area contributed by atoms with Gasteiger partial charge < -0.3 is 19.2 Å². The van der Waals surface area contributed by atoms with Gasteiger partial charge in [0.25, 0.3) is 14.2 Å². The minimum absolute atomic E-state index is 0.0307. The lowest BCUT2D eigenvalue weighted by molar-refractivity contribution is -0.129. The minimum atomic E-state index is -2.15. The van der Waals surface area contributed by atoms with E-state index in [-0.39, 0.29) is 16.6 Å². The number of hydrogen-bond donors (Lipinski definition) is 1. The van der Waals surface area contributed by atoms with Crippen LogP contribution in [-0.4, -0.2) is 44.7 Å². The largest absolute Gasteiger partial charge is 0.476 e. The molecule has 0 radical (unpaired) electrons. The maximum Gasteiger partial charge on any atom is 0.358 e. The van der Waals surface area contributed by atoms with Crippen molar-refractivity contribution in [2.45, 2.75) is 45.8 Å². The van der Waals surface area contributed by atoms with E-state index in [0.29, 0.717) is 17.7 Å². The monoisotopic (exact) mass is 380 g/mol. The smallest absolute Gasteiger partial charge is 0.358 e. The van der Waals surface area contributed by atoms with Crippen LogP contribution in [0, 0.1) is 0 Å². The van der Waals surface area contributed by atoms with E-state index in [1.165, 1.54) is 7.11 Å². The number of benzene rings is 1. The number of aliphatic carboxylic acids is 1. The average Bonchev–Trinajstić information content (AvgIpc) is 2.55. The van der Waals surface area contributed by atoms with Gasteiger partial charge in [-0.15, -0.1) is 0 Å². The summed E-state index contributed by atoms with van der Waals surface area (Å²) in [5.41, 5.74) is 0.585. The Morgan fingerprint density at radius 1 is 1.15 bits per heavy atom. The van der Waals surface area contributed by atoms with E-state index in [1.807, 2.05) is 6.92 Å². The lowest BCUT2D eigenvalue weighted by Gasteiger charge is -2.33. The molecular formula is C18H28N2O5Si. The molecule has 0 unspecified atom stereocenters. The summed E-state index contributed by atoms with van der Waals surface area (Å²) in [6.07, 6.45) is 0. The minimum Gasteiger partial charge on any atom is -0.476 e. The molecule has 1 rings (SSSR count). The van der Waals surface area contributed by atoms with Gasteiger partial charge in [0.1, 0.15) is 7.11 Å². The Labute approximate surface area is 155 Å². The highest BCUT2D eigenvalue weighted by molar-refractivity contribution is 6.74. The summed E-state index contributed by atoms with van der Waals surface area (Å²) in [5.74, 6) is -0.988. The van der Waals surface area contributed by atoms with Gasteiger partial charge in [-0.25, -0.2) is 4.79 Å². The van der Waals surface area contributed by atoms with Gasteiger partial charge in [-0.05, 0) is 31.1 Å². The number of carbonyl (C=O) groups is 1. The first-order valence-corrected chi connectivity index (χ1v) is 11.3. The zero-order chi connectivity index (χ0) is 20.0. The normalized spacial score (nSPS) is 13.3. The number of carboxylic acids is 1. The van der Waals surface area contributed by atoms with Crippen molar-refractivity contribution in [1.82, 2.24) is 0 Å². The Hall–Kier alpha value is -2.35. The van der Waals surface area contributed by atoms with Crippen molar-refractivity contribution in [2.75, 3.05) is 13.7 Å². The summed E-state index contributed by atoms with van der Waals surface area (Å²) >= 11 is 0. The summed E-state index contributed by atoms with van der Waals surface area (Å²) in [7, 11) is -0.855. The summed E-state index contributed by atoms with van der Waals surface area (Å²) < 4.78 is 11.5. The van der Waals surface area contributed by atoms with Crippen molar-refractivity contribution in [1.29, 1.82) is 0 Å². The molecule has 0 bridgehead atoms. The molecule has 1 aromatic carbocycles. The van der Waals surface area contributed by atoms with Crippen LogP contribution in [0.25, 0.3) is 0 Å². The third-order valence-electron chi connectivity index (χ3n) is 4.24. The lowest BCUT2D eigenvalue weighted by atomic mass is 10.0. The second-order valence-electron chi connectivity index (χ2n) is 7.15. The predicted molar refractivity (Wildman–Crippen MR) is 104 cm³/mol. The van der Waals surface area contributed by atoms with Gasteiger partial charge in [-0.2, -0.15) is 0 Å². The van der Waals surface area contributed by atoms with E-state index in [0.717, 1.165) is 0 Å².